The minimum Gasteiger partial charge on any atom is -0.317 e. The number of halogens is 1. The van der Waals surface area contributed by atoms with E-state index in [-0.39, 0.29) is 17.8 Å². The Labute approximate surface area is 244 Å². The third-order valence-corrected chi connectivity index (χ3v) is 11.8. The number of nitrogens with one attached hydrogen (secondary N) is 1. The summed E-state index contributed by atoms with van der Waals surface area (Å²) >= 11 is 3.57. The van der Waals surface area contributed by atoms with Crippen LogP contribution in [0.25, 0.3) is 20.8 Å². The molecule has 9 rings (SSSR count). The largest absolute Gasteiger partial charge is 0.317 e. The zero-order chi connectivity index (χ0) is 25.3. The molecule has 1 N–H and O–H groups in total. The second kappa shape index (κ2) is 9.99. The third-order valence-electron chi connectivity index (χ3n) is 9.64. The Morgan fingerprint density at radius 2 is 1.64 bits per heavy atom. The van der Waals surface area contributed by atoms with Crippen LogP contribution in [0, 0.1) is 23.2 Å². The van der Waals surface area contributed by atoms with Gasteiger partial charge in [0.2, 0.25) is 5.91 Å². The van der Waals surface area contributed by atoms with Crippen molar-refractivity contribution in [3.63, 3.8) is 0 Å². The van der Waals surface area contributed by atoms with Gasteiger partial charge in [0.05, 0.1) is 15.6 Å². The van der Waals surface area contributed by atoms with E-state index < -0.39 is 0 Å². The molecule has 0 radical (unpaired) electrons. The maximum absolute atomic E-state index is 14.1. The van der Waals surface area contributed by atoms with Gasteiger partial charge in [-0.25, -0.2) is 4.98 Å². The first-order chi connectivity index (χ1) is 18.6. The van der Waals surface area contributed by atoms with Crippen LogP contribution in [0.1, 0.15) is 54.5 Å². The van der Waals surface area contributed by atoms with Crippen LogP contribution in [0.5, 0.6) is 0 Å². The van der Waals surface area contributed by atoms with Gasteiger partial charge in [-0.3, -0.25) is 9.69 Å². The molecule has 4 aromatic rings. The Kier molecular flexibility index (Phi) is 6.58. The van der Waals surface area contributed by atoms with Crippen LogP contribution in [-0.2, 0) is 24.3 Å². The summed E-state index contributed by atoms with van der Waals surface area (Å²) < 4.78 is 1.21. The first kappa shape index (κ1) is 25.7. The van der Waals surface area contributed by atoms with E-state index in [9.17, 15) is 4.79 Å². The lowest BCUT2D eigenvalue weighted by atomic mass is 9.49. The minimum absolute atomic E-state index is 0. The Bertz CT molecular complexity index is 1460. The Morgan fingerprint density at radius 1 is 0.949 bits per heavy atom. The first-order valence-corrected chi connectivity index (χ1v) is 15.8. The molecule has 4 bridgehead atoms. The predicted octanol–water partition coefficient (Wildman–Crippen LogP) is 8.16. The van der Waals surface area contributed by atoms with Gasteiger partial charge in [0.25, 0.3) is 0 Å². The summed E-state index contributed by atoms with van der Waals surface area (Å²) in [7, 11) is 0. The zero-order valence-electron chi connectivity index (χ0n) is 22.0. The minimum atomic E-state index is -0.149. The van der Waals surface area contributed by atoms with Gasteiger partial charge in [0.1, 0.15) is 10.0 Å². The fourth-order valence-corrected chi connectivity index (χ4v) is 10.7. The molecule has 0 unspecified atom stereocenters. The summed E-state index contributed by atoms with van der Waals surface area (Å²) in [6, 6.07) is 19.2. The van der Waals surface area contributed by atoms with E-state index in [4.69, 9.17) is 4.98 Å². The van der Waals surface area contributed by atoms with E-state index in [0.717, 1.165) is 78.6 Å². The maximum atomic E-state index is 14.1. The van der Waals surface area contributed by atoms with Crippen LogP contribution >= 0.6 is 35.1 Å². The monoisotopic (exact) mass is 575 g/mol. The molecule has 0 atom stereocenters. The number of para-hydroxylation sites is 1. The predicted molar refractivity (Wildman–Crippen MR) is 164 cm³/mol. The summed E-state index contributed by atoms with van der Waals surface area (Å²) in [5, 5.41) is 5.65. The summed E-state index contributed by atoms with van der Waals surface area (Å²) in [6.45, 7) is 2.92. The van der Waals surface area contributed by atoms with E-state index in [1.165, 1.54) is 45.5 Å². The van der Waals surface area contributed by atoms with Crippen molar-refractivity contribution in [3.05, 3.63) is 70.6 Å². The van der Waals surface area contributed by atoms with E-state index >= 15 is 0 Å². The van der Waals surface area contributed by atoms with Crippen molar-refractivity contribution in [2.24, 2.45) is 23.2 Å². The quantitative estimate of drug-likeness (QED) is 0.261. The molecule has 0 spiro atoms. The molecule has 7 heteroatoms. The van der Waals surface area contributed by atoms with Gasteiger partial charge in [-0.1, -0.05) is 42.5 Å². The number of thiophene rings is 1. The van der Waals surface area contributed by atoms with Crippen molar-refractivity contribution in [1.29, 1.82) is 0 Å². The Balaban J connectivity index is 0.00000253. The Hall–Kier alpha value is -2.25. The van der Waals surface area contributed by atoms with Gasteiger partial charge in [0, 0.05) is 30.1 Å². The van der Waals surface area contributed by atoms with Crippen LogP contribution in [0.2, 0.25) is 0 Å². The lowest BCUT2D eigenvalue weighted by Crippen LogP contribution is -2.51. The number of thiazole rings is 1. The highest BCUT2D eigenvalue weighted by molar-refractivity contribution is 7.22. The molecule has 4 aliphatic carbocycles. The maximum Gasteiger partial charge on any atom is 0.231 e. The van der Waals surface area contributed by atoms with Crippen molar-refractivity contribution < 1.29 is 4.79 Å². The number of hydrogen-bond acceptors (Lipinski definition) is 5. The van der Waals surface area contributed by atoms with Gasteiger partial charge < -0.3 is 5.32 Å². The second-order valence-electron chi connectivity index (χ2n) is 12.3. The number of nitrogens with zero attached hydrogens (tertiary/aromatic N) is 2. The van der Waals surface area contributed by atoms with Gasteiger partial charge in [-0.05, 0) is 86.0 Å². The number of rotatable bonds is 5. The van der Waals surface area contributed by atoms with E-state index in [0.29, 0.717) is 5.91 Å². The number of fused-ring (bicyclic) bond motifs is 2. The highest BCUT2D eigenvalue weighted by atomic mass is 35.5. The van der Waals surface area contributed by atoms with Crippen LogP contribution < -0.4 is 5.32 Å². The van der Waals surface area contributed by atoms with Crippen LogP contribution in [0.3, 0.4) is 0 Å². The number of amides is 1. The molecule has 4 saturated carbocycles. The van der Waals surface area contributed by atoms with Gasteiger partial charge in [0.15, 0.2) is 0 Å². The molecular formula is C32H34ClN3OS2. The molecule has 1 aliphatic heterocycles. The smallest absolute Gasteiger partial charge is 0.231 e. The summed E-state index contributed by atoms with van der Waals surface area (Å²) in [4.78, 5) is 23.1. The second-order valence-corrected chi connectivity index (χ2v) is 14.4. The fraction of sp³-hybridized carbons (Fsp3) is 0.438. The van der Waals surface area contributed by atoms with Crippen molar-refractivity contribution >= 4 is 56.2 Å². The van der Waals surface area contributed by atoms with Gasteiger partial charge in [-0.15, -0.1) is 35.1 Å². The summed E-state index contributed by atoms with van der Waals surface area (Å²) in [6.07, 6.45) is 8.35. The topological polar surface area (TPSA) is 45.2 Å². The molecule has 202 valence electrons. The number of carbonyl (C=O) groups excluding carboxylic acids is 1. The molecule has 39 heavy (non-hydrogen) atoms. The number of hydrogen-bond donors (Lipinski definition) is 1. The third kappa shape index (κ3) is 4.54. The molecule has 0 saturated heterocycles. The molecule has 2 aromatic heterocycles. The molecule has 5 aliphatic rings. The summed E-state index contributed by atoms with van der Waals surface area (Å²) in [5.41, 5.74) is 4.85. The van der Waals surface area contributed by atoms with Crippen LogP contribution in [0.15, 0.2) is 54.6 Å². The first-order valence-electron chi connectivity index (χ1n) is 14.2. The number of benzene rings is 2. The fourth-order valence-electron chi connectivity index (χ4n) is 8.35. The molecular weight excluding hydrogens is 542 g/mol. The normalized spacial score (nSPS) is 27.3. The zero-order valence-corrected chi connectivity index (χ0v) is 24.5. The lowest BCUT2D eigenvalue weighted by Gasteiger charge is -2.55. The highest BCUT2D eigenvalue weighted by Crippen LogP contribution is 2.60. The molecule has 3 heterocycles. The molecule has 4 fully saturated rings. The SMILES string of the molecule is Cl.O=C(Nc1sc2c(c1-c1nc3ccccc3s1)CCN(Cc1ccccc1)C2)C12CC3CC(CC(C3)C1)C2. The van der Waals surface area contributed by atoms with Crippen molar-refractivity contribution in [2.45, 2.75) is 58.0 Å². The number of aromatic nitrogens is 1. The van der Waals surface area contributed by atoms with Crippen molar-refractivity contribution in [2.75, 3.05) is 11.9 Å². The van der Waals surface area contributed by atoms with Crippen molar-refractivity contribution in [1.82, 2.24) is 9.88 Å². The van der Waals surface area contributed by atoms with Crippen molar-refractivity contribution in [3.8, 4) is 10.6 Å². The lowest BCUT2D eigenvalue weighted by molar-refractivity contribution is -0.140. The number of carbonyl (C=O) groups is 1. The molecule has 1 amide bonds. The van der Waals surface area contributed by atoms with E-state index in [1.54, 1.807) is 22.7 Å². The average Bonchev–Trinajstić information content (AvgIpc) is 3.49. The molecule has 4 nitrogen and oxygen atoms in total. The highest BCUT2D eigenvalue weighted by Gasteiger charge is 2.54. The van der Waals surface area contributed by atoms with Crippen LogP contribution in [0.4, 0.5) is 5.00 Å². The summed E-state index contributed by atoms with van der Waals surface area (Å²) in [5.74, 6) is 2.58. The van der Waals surface area contributed by atoms with Gasteiger partial charge >= 0.3 is 0 Å². The standard InChI is InChI=1S/C32H33N3OS2.ClH/c36-31(32-15-21-12-22(16-32)14-23(13-21)17-32)34-30-28(29-33-25-8-4-5-9-26(25)37-29)24-10-11-35(19-27(24)38-30)18-20-6-2-1-3-7-20;/h1-9,21-23H,10-19H2,(H,34,36);1H. The van der Waals surface area contributed by atoms with Crippen LogP contribution in [-0.4, -0.2) is 22.3 Å². The molecule has 2 aromatic carbocycles. The van der Waals surface area contributed by atoms with Gasteiger partial charge in [-0.2, -0.15) is 0 Å². The van der Waals surface area contributed by atoms with E-state index in [2.05, 4.69) is 64.8 Å². The Morgan fingerprint density at radius 3 is 2.36 bits per heavy atom. The number of anilines is 1. The van der Waals surface area contributed by atoms with E-state index in [1.807, 2.05) is 0 Å². The average molecular weight is 576 g/mol.